The molecule has 4 aromatic rings. The first-order chi connectivity index (χ1) is 14.8. The lowest BCUT2D eigenvalue weighted by Crippen LogP contribution is -2.12. The molecule has 2 heterocycles. The van der Waals surface area contributed by atoms with Crippen molar-refractivity contribution in [3.05, 3.63) is 83.1 Å². The molecule has 0 spiro atoms. The van der Waals surface area contributed by atoms with Crippen LogP contribution in [0, 0.1) is 13.8 Å². The van der Waals surface area contributed by atoms with Gasteiger partial charge in [0.25, 0.3) is 10.0 Å². The van der Waals surface area contributed by atoms with Gasteiger partial charge in [0.15, 0.2) is 5.82 Å². The molecule has 10 heteroatoms. The van der Waals surface area contributed by atoms with E-state index in [1.807, 2.05) is 19.9 Å². The molecule has 1 N–H and O–H groups in total. The van der Waals surface area contributed by atoms with E-state index in [0.717, 1.165) is 11.4 Å². The van der Waals surface area contributed by atoms with E-state index in [9.17, 15) is 8.42 Å². The Hall–Kier alpha value is -3.43. The van der Waals surface area contributed by atoms with E-state index in [0.29, 0.717) is 28.2 Å². The van der Waals surface area contributed by atoms with Gasteiger partial charge in [-0.05, 0) is 74.5 Å². The van der Waals surface area contributed by atoms with Gasteiger partial charge < -0.3 is 4.74 Å². The van der Waals surface area contributed by atoms with E-state index in [1.54, 1.807) is 41.1 Å². The molecule has 31 heavy (non-hydrogen) atoms. The number of hydrogen-bond acceptors (Lipinski definition) is 6. The zero-order chi connectivity index (χ0) is 22.0. The molecular formula is C21H18ClN5O3S. The van der Waals surface area contributed by atoms with Crippen LogP contribution in [0.3, 0.4) is 0 Å². The highest BCUT2D eigenvalue weighted by Crippen LogP contribution is 2.24. The fourth-order valence-corrected chi connectivity index (χ4v) is 4.07. The maximum Gasteiger partial charge on any atom is 0.261 e. The molecule has 0 aliphatic carbocycles. The van der Waals surface area contributed by atoms with E-state index in [4.69, 9.17) is 16.3 Å². The molecule has 0 aliphatic heterocycles. The maximum atomic E-state index is 12.5. The predicted molar refractivity (Wildman–Crippen MR) is 117 cm³/mol. The lowest BCUT2D eigenvalue weighted by Gasteiger charge is -2.09. The number of hydrogen-bond donors (Lipinski definition) is 1. The van der Waals surface area contributed by atoms with Gasteiger partial charge in [0.1, 0.15) is 5.75 Å². The molecule has 8 nitrogen and oxygen atoms in total. The molecule has 0 saturated carbocycles. The first-order valence-electron chi connectivity index (χ1n) is 9.24. The number of benzene rings is 2. The topological polar surface area (TPSA) is 99.0 Å². The Morgan fingerprint density at radius 1 is 0.935 bits per heavy atom. The number of aryl methyl sites for hydroxylation is 2. The number of ether oxygens (including phenoxy) is 1. The highest BCUT2D eigenvalue weighted by atomic mass is 35.5. The lowest BCUT2D eigenvalue weighted by atomic mass is 10.3. The number of anilines is 1. The van der Waals surface area contributed by atoms with Gasteiger partial charge in [-0.1, -0.05) is 11.6 Å². The van der Waals surface area contributed by atoms with Crippen LogP contribution in [0.4, 0.5) is 5.69 Å². The molecule has 158 valence electrons. The second-order valence-electron chi connectivity index (χ2n) is 6.75. The summed E-state index contributed by atoms with van der Waals surface area (Å²) in [5.74, 6) is 1.38. The van der Waals surface area contributed by atoms with Crippen LogP contribution >= 0.6 is 11.6 Å². The molecule has 2 aromatic heterocycles. The van der Waals surface area contributed by atoms with Crippen LogP contribution < -0.4 is 9.46 Å². The Bertz CT molecular complexity index is 1300. The number of halogens is 1. The third-order valence-electron chi connectivity index (χ3n) is 4.31. The van der Waals surface area contributed by atoms with Crippen molar-refractivity contribution in [1.29, 1.82) is 0 Å². The van der Waals surface area contributed by atoms with Crippen molar-refractivity contribution in [2.24, 2.45) is 0 Å². The maximum absolute atomic E-state index is 12.5. The average Bonchev–Trinajstić information content (AvgIpc) is 3.08. The van der Waals surface area contributed by atoms with Gasteiger partial charge in [-0.3, -0.25) is 4.72 Å². The number of nitrogens with one attached hydrogen (secondary N) is 1. The molecule has 2 aromatic carbocycles. The van der Waals surface area contributed by atoms with Gasteiger partial charge in [-0.15, -0.1) is 10.2 Å². The molecule has 0 saturated heterocycles. The first-order valence-corrected chi connectivity index (χ1v) is 11.1. The minimum absolute atomic E-state index is 0.121. The zero-order valence-electron chi connectivity index (χ0n) is 16.7. The van der Waals surface area contributed by atoms with Gasteiger partial charge >= 0.3 is 0 Å². The van der Waals surface area contributed by atoms with Gasteiger partial charge in [0.2, 0.25) is 5.88 Å². The van der Waals surface area contributed by atoms with Crippen LogP contribution in [0.5, 0.6) is 11.6 Å². The summed E-state index contributed by atoms with van der Waals surface area (Å²) >= 11 is 5.81. The molecule has 0 unspecified atom stereocenters. The number of nitrogens with zero attached hydrogens (tertiary/aromatic N) is 4. The molecule has 0 fully saturated rings. The van der Waals surface area contributed by atoms with E-state index >= 15 is 0 Å². The van der Waals surface area contributed by atoms with Crippen LogP contribution in [-0.4, -0.2) is 28.4 Å². The second-order valence-corrected chi connectivity index (χ2v) is 8.87. The van der Waals surface area contributed by atoms with Crippen LogP contribution in [-0.2, 0) is 10.0 Å². The molecule has 0 atom stereocenters. The molecule has 4 rings (SSSR count). The van der Waals surface area contributed by atoms with E-state index < -0.39 is 10.0 Å². The predicted octanol–water partition coefficient (Wildman–Crippen LogP) is 4.53. The monoisotopic (exact) mass is 455 g/mol. The molecule has 0 aliphatic rings. The molecule has 0 amide bonds. The smallest absolute Gasteiger partial charge is 0.261 e. The van der Waals surface area contributed by atoms with Crippen LogP contribution in [0.25, 0.3) is 5.82 Å². The Kier molecular flexibility index (Phi) is 5.62. The van der Waals surface area contributed by atoms with Crippen LogP contribution in [0.2, 0.25) is 5.02 Å². The van der Waals surface area contributed by atoms with Crippen molar-refractivity contribution >= 4 is 27.3 Å². The molecular weight excluding hydrogens is 438 g/mol. The summed E-state index contributed by atoms with van der Waals surface area (Å²) in [5.41, 5.74) is 2.25. The number of aromatic nitrogens is 4. The van der Waals surface area contributed by atoms with Gasteiger partial charge in [0.05, 0.1) is 10.6 Å². The fraction of sp³-hybridized carbons (Fsp3) is 0.0952. The largest absolute Gasteiger partial charge is 0.438 e. The number of sulfonamides is 1. The fourth-order valence-electron chi connectivity index (χ4n) is 2.88. The molecule has 0 bridgehead atoms. The standard InChI is InChI=1S/C21H18ClN5O3S/c1-14-13-15(2)27(25-14)20-11-12-21(24-23-20)30-18-7-5-17(6-8-18)26-31(28,29)19-9-3-16(22)4-10-19/h3-13,26H,1-2H3. The van der Waals surface area contributed by atoms with Crippen molar-refractivity contribution in [2.75, 3.05) is 4.72 Å². The first kappa shape index (κ1) is 20.8. The Balaban J connectivity index is 1.44. The summed E-state index contributed by atoms with van der Waals surface area (Å²) in [7, 11) is -3.71. The summed E-state index contributed by atoms with van der Waals surface area (Å²) in [6, 6.07) is 17.8. The minimum atomic E-state index is -3.71. The van der Waals surface area contributed by atoms with Gasteiger partial charge in [-0.2, -0.15) is 5.10 Å². The summed E-state index contributed by atoms with van der Waals surface area (Å²) < 4.78 is 34.8. The Morgan fingerprint density at radius 2 is 1.65 bits per heavy atom. The summed E-state index contributed by atoms with van der Waals surface area (Å²) in [4.78, 5) is 0.121. The summed E-state index contributed by atoms with van der Waals surface area (Å²) in [6.07, 6.45) is 0. The second kappa shape index (κ2) is 8.37. The summed E-state index contributed by atoms with van der Waals surface area (Å²) in [5, 5.41) is 13.1. The van der Waals surface area contributed by atoms with Gasteiger partial charge in [-0.25, -0.2) is 13.1 Å². The average molecular weight is 456 g/mol. The normalized spacial score (nSPS) is 11.3. The van der Waals surface area contributed by atoms with Crippen LogP contribution in [0.15, 0.2) is 71.6 Å². The van der Waals surface area contributed by atoms with Crippen LogP contribution in [0.1, 0.15) is 11.4 Å². The van der Waals surface area contributed by atoms with Crippen molar-refractivity contribution in [3.8, 4) is 17.4 Å². The van der Waals surface area contributed by atoms with Gasteiger partial charge in [0, 0.05) is 22.5 Å². The molecule has 0 radical (unpaired) electrons. The third-order valence-corrected chi connectivity index (χ3v) is 5.95. The van der Waals surface area contributed by atoms with E-state index in [1.165, 1.54) is 24.3 Å². The quantitative estimate of drug-likeness (QED) is 0.458. The van der Waals surface area contributed by atoms with Crippen molar-refractivity contribution in [2.45, 2.75) is 18.7 Å². The van der Waals surface area contributed by atoms with Crippen molar-refractivity contribution < 1.29 is 13.2 Å². The third kappa shape index (κ3) is 4.84. The Labute approximate surface area is 184 Å². The van der Waals surface area contributed by atoms with E-state index in [-0.39, 0.29) is 4.90 Å². The van der Waals surface area contributed by atoms with Crippen molar-refractivity contribution in [3.63, 3.8) is 0 Å². The highest BCUT2D eigenvalue weighted by Gasteiger charge is 2.14. The van der Waals surface area contributed by atoms with Crippen molar-refractivity contribution in [1.82, 2.24) is 20.0 Å². The SMILES string of the molecule is Cc1cc(C)n(-c2ccc(Oc3ccc(NS(=O)(=O)c4ccc(Cl)cc4)cc3)nn2)n1. The lowest BCUT2D eigenvalue weighted by molar-refractivity contribution is 0.454. The number of rotatable bonds is 6. The Morgan fingerprint density at radius 3 is 2.23 bits per heavy atom. The van der Waals surface area contributed by atoms with E-state index in [2.05, 4.69) is 20.0 Å². The highest BCUT2D eigenvalue weighted by molar-refractivity contribution is 7.92. The zero-order valence-corrected chi connectivity index (χ0v) is 18.2. The minimum Gasteiger partial charge on any atom is -0.438 e. The summed E-state index contributed by atoms with van der Waals surface area (Å²) in [6.45, 7) is 3.85.